The lowest BCUT2D eigenvalue weighted by Gasteiger charge is -2.47. The molecule has 0 unspecified atom stereocenters. The molecule has 0 aromatic heterocycles. The summed E-state index contributed by atoms with van der Waals surface area (Å²) >= 11 is 0. The van der Waals surface area contributed by atoms with Crippen molar-refractivity contribution in [2.45, 2.75) is 63.9 Å². The van der Waals surface area contributed by atoms with Crippen LogP contribution in [0.5, 0.6) is 0 Å². The maximum absolute atomic E-state index is 5.19. The fourth-order valence-corrected chi connectivity index (χ4v) is 2.99. The number of hydrogen-bond donors (Lipinski definition) is 2. The molecule has 0 saturated carbocycles. The molecule has 17 heavy (non-hydrogen) atoms. The smallest absolute Gasteiger partial charge is 0.169 e. The summed E-state index contributed by atoms with van der Waals surface area (Å²) in [5, 5.41) is 7.22. The minimum absolute atomic E-state index is 0.156. The van der Waals surface area contributed by atoms with Gasteiger partial charge in [0.1, 0.15) is 0 Å². The zero-order chi connectivity index (χ0) is 13.1. The third-order valence-corrected chi connectivity index (χ3v) is 3.29. The van der Waals surface area contributed by atoms with E-state index in [0.717, 1.165) is 19.4 Å². The number of piperidine rings is 1. The first-order valence-electron chi connectivity index (χ1n) is 6.36. The van der Waals surface area contributed by atoms with Gasteiger partial charge in [0.25, 0.3) is 0 Å². The SMILES string of the molecule is COC(CNC1CC(C)(C)NC(C)(C)C1)OC. The van der Waals surface area contributed by atoms with Gasteiger partial charge in [0.05, 0.1) is 0 Å². The predicted molar refractivity (Wildman–Crippen MR) is 70.1 cm³/mol. The van der Waals surface area contributed by atoms with Gasteiger partial charge in [-0.25, -0.2) is 0 Å². The van der Waals surface area contributed by atoms with Crippen molar-refractivity contribution >= 4 is 0 Å². The quantitative estimate of drug-likeness (QED) is 0.719. The molecule has 0 spiro atoms. The molecule has 0 atom stereocenters. The molecule has 1 aliphatic heterocycles. The molecule has 1 heterocycles. The minimum Gasteiger partial charge on any atom is -0.355 e. The average Bonchev–Trinajstić information content (AvgIpc) is 2.14. The topological polar surface area (TPSA) is 42.5 Å². The van der Waals surface area contributed by atoms with E-state index in [1.165, 1.54) is 0 Å². The molecule has 4 heteroatoms. The van der Waals surface area contributed by atoms with Gasteiger partial charge in [-0.3, -0.25) is 0 Å². The molecule has 0 radical (unpaired) electrons. The van der Waals surface area contributed by atoms with E-state index < -0.39 is 0 Å². The van der Waals surface area contributed by atoms with Gasteiger partial charge < -0.3 is 20.1 Å². The van der Waals surface area contributed by atoms with Crippen LogP contribution in [-0.4, -0.2) is 44.2 Å². The van der Waals surface area contributed by atoms with Crippen LogP contribution in [0.3, 0.4) is 0 Å². The summed E-state index contributed by atoms with van der Waals surface area (Å²) in [6.45, 7) is 9.77. The Kier molecular flexibility index (Phi) is 4.95. The van der Waals surface area contributed by atoms with Crippen LogP contribution in [0, 0.1) is 0 Å². The molecular formula is C13H28N2O2. The number of methoxy groups -OCH3 is 2. The Bertz CT molecular complexity index is 222. The molecule has 2 N–H and O–H groups in total. The lowest BCUT2D eigenvalue weighted by Crippen LogP contribution is -2.62. The first kappa shape index (κ1) is 14.9. The Morgan fingerprint density at radius 2 is 1.59 bits per heavy atom. The fraction of sp³-hybridized carbons (Fsp3) is 1.00. The van der Waals surface area contributed by atoms with Crippen LogP contribution in [0.15, 0.2) is 0 Å². The van der Waals surface area contributed by atoms with Crippen LogP contribution in [0.4, 0.5) is 0 Å². The van der Waals surface area contributed by atoms with E-state index in [-0.39, 0.29) is 17.4 Å². The lowest BCUT2D eigenvalue weighted by atomic mass is 9.79. The molecule has 0 amide bonds. The second-order valence-corrected chi connectivity index (χ2v) is 6.31. The van der Waals surface area contributed by atoms with Crippen molar-refractivity contribution in [3.8, 4) is 0 Å². The summed E-state index contributed by atoms with van der Waals surface area (Å²) in [6, 6.07) is 0.508. The first-order valence-corrected chi connectivity index (χ1v) is 6.36. The maximum Gasteiger partial charge on any atom is 0.169 e. The van der Waals surface area contributed by atoms with Crippen molar-refractivity contribution in [1.82, 2.24) is 10.6 Å². The third-order valence-electron chi connectivity index (χ3n) is 3.29. The van der Waals surface area contributed by atoms with Crippen LogP contribution in [-0.2, 0) is 9.47 Å². The second-order valence-electron chi connectivity index (χ2n) is 6.31. The van der Waals surface area contributed by atoms with Gasteiger partial charge in [-0.15, -0.1) is 0 Å². The summed E-state index contributed by atoms with van der Waals surface area (Å²) in [7, 11) is 3.35. The molecule has 0 aromatic rings. The number of nitrogens with one attached hydrogen (secondary N) is 2. The monoisotopic (exact) mass is 244 g/mol. The fourth-order valence-electron chi connectivity index (χ4n) is 2.99. The summed E-state index contributed by atoms with van der Waals surface area (Å²) in [5.41, 5.74) is 0.351. The van der Waals surface area contributed by atoms with Crippen LogP contribution in [0.2, 0.25) is 0 Å². The standard InChI is InChI=1S/C13H28N2O2/c1-12(2)7-10(8-13(3,4)15-12)14-9-11(16-5)17-6/h10-11,14-15H,7-9H2,1-6H3. The highest BCUT2D eigenvalue weighted by Crippen LogP contribution is 2.28. The van der Waals surface area contributed by atoms with E-state index in [1.54, 1.807) is 14.2 Å². The predicted octanol–water partition coefficient (Wildman–Crippen LogP) is 1.50. The van der Waals surface area contributed by atoms with E-state index in [2.05, 4.69) is 38.3 Å². The minimum atomic E-state index is -0.156. The number of rotatable bonds is 5. The zero-order valence-electron chi connectivity index (χ0n) is 12.1. The summed E-state index contributed by atoms with van der Waals surface area (Å²) in [4.78, 5) is 0. The highest BCUT2D eigenvalue weighted by atomic mass is 16.7. The van der Waals surface area contributed by atoms with E-state index in [1.807, 2.05) is 0 Å². The Balaban J connectivity index is 2.48. The average molecular weight is 244 g/mol. The summed E-state index contributed by atoms with van der Waals surface area (Å²) in [6.07, 6.45) is 2.09. The van der Waals surface area contributed by atoms with E-state index >= 15 is 0 Å². The number of ether oxygens (including phenoxy) is 2. The Morgan fingerprint density at radius 3 is 2.00 bits per heavy atom. The zero-order valence-corrected chi connectivity index (χ0v) is 12.1. The van der Waals surface area contributed by atoms with Gasteiger partial charge in [0, 0.05) is 37.9 Å². The maximum atomic E-state index is 5.19. The van der Waals surface area contributed by atoms with Crippen molar-refractivity contribution in [3.63, 3.8) is 0 Å². The van der Waals surface area contributed by atoms with Crippen LogP contribution >= 0.6 is 0 Å². The van der Waals surface area contributed by atoms with Gasteiger partial charge in [-0.05, 0) is 40.5 Å². The molecule has 4 nitrogen and oxygen atoms in total. The summed E-state index contributed by atoms with van der Waals surface area (Å²) < 4.78 is 10.4. The molecule has 0 bridgehead atoms. The van der Waals surface area contributed by atoms with Gasteiger partial charge in [0.15, 0.2) is 6.29 Å². The van der Waals surface area contributed by atoms with Gasteiger partial charge in [-0.2, -0.15) is 0 Å². The van der Waals surface area contributed by atoms with Crippen molar-refractivity contribution < 1.29 is 9.47 Å². The van der Waals surface area contributed by atoms with Crippen LogP contribution in [0.1, 0.15) is 40.5 Å². The van der Waals surface area contributed by atoms with Crippen LogP contribution in [0.25, 0.3) is 0 Å². The Hall–Kier alpha value is -0.160. The van der Waals surface area contributed by atoms with Crippen molar-refractivity contribution in [2.75, 3.05) is 20.8 Å². The molecule has 1 rings (SSSR count). The molecule has 1 saturated heterocycles. The second kappa shape index (κ2) is 5.65. The van der Waals surface area contributed by atoms with E-state index in [9.17, 15) is 0 Å². The van der Waals surface area contributed by atoms with E-state index in [0.29, 0.717) is 6.04 Å². The highest BCUT2D eigenvalue weighted by Gasteiger charge is 2.37. The Morgan fingerprint density at radius 1 is 1.12 bits per heavy atom. The number of hydrogen-bond acceptors (Lipinski definition) is 4. The van der Waals surface area contributed by atoms with Crippen LogP contribution < -0.4 is 10.6 Å². The highest BCUT2D eigenvalue weighted by molar-refractivity contribution is 4.99. The lowest BCUT2D eigenvalue weighted by molar-refractivity contribution is -0.101. The Labute approximate surface area is 105 Å². The molecule has 102 valence electrons. The van der Waals surface area contributed by atoms with E-state index in [4.69, 9.17) is 9.47 Å². The normalized spacial score (nSPS) is 24.2. The van der Waals surface area contributed by atoms with Crippen molar-refractivity contribution in [1.29, 1.82) is 0 Å². The van der Waals surface area contributed by atoms with Gasteiger partial charge >= 0.3 is 0 Å². The van der Waals surface area contributed by atoms with Crippen molar-refractivity contribution in [3.05, 3.63) is 0 Å². The molecular weight excluding hydrogens is 216 g/mol. The van der Waals surface area contributed by atoms with Crippen molar-refractivity contribution in [2.24, 2.45) is 0 Å². The van der Waals surface area contributed by atoms with Gasteiger partial charge in [0.2, 0.25) is 0 Å². The molecule has 1 aliphatic rings. The van der Waals surface area contributed by atoms with Gasteiger partial charge in [-0.1, -0.05) is 0 Å². The molecule has 0 aromatic carbocycles. The third kappa shape index (κ3) is 4.92. The molecule has 1 fully saturated rings. The summed E-state index contributed by atoms with van der Waals surface area (Å²) in [5.74, 6) is 0. The largest absolute Gasteiger partial charge is 0.355 e. The first-order chi connectivity index (χ1) is 7.78. The molecule has 0 aliphatic carbocycles.